The number of aliphatic carboxylic acids is 1. The smallest absolute Gasteiger partial charge is 0.323 e. The maximum absolute atomic E-state index is 12.4. The fraction of sp³-hybridized carbons (Fsp3) is 0.583. The number of H-pyrrole nitrogens is 1. The molecule has 1 aliphatic carbocycles. The Kier molecular flexibility index (Phi) is 3.64. The Hall–Kier alpha value is -1.85. The quantitative estimate of drug-likeness (QED) is 0.841. The lowest BCUT2D eigenvalue weighted by molar-refractivity contribution is -0.138. The number of carboxylic acids is 1. The molecule has 1 amide bonds. The van der Waals surface area contributed by atoms with E-state index in [1.165, 1.54) is 11.1 Å². The summed E-state index contributed by atoms with van der Waals surface area (Å²) in [4.78, 5) is 24.7. The van der Waals surface area contributed by atoms with E-state index in [4.69, 9.17) is 5.11 Å². The summed E-state index contributed by atoms with van der Waals surface area (Å²) >= 11 is 0. The molecule has 1 aromatic heterocycles. The number of amides is 1. The van der Waals surface area contributed by atoms with Crippen LogP contribution in [0.4, 0.5) is 0 Å². The fourth-order valence-electron chi connectivity index (χ4n) is 2.45. The second kappa shape index (κ2) is 5.20. The number of aromatic amines is 1. The molecule has 1 saturated carbocycles. The monoisotopic (exact) mass is 251 g/mol. The first-order valence-electron chi connectivity index (χ1n) is 6.12. The highest BCUT2D eigenvalue weighted by molar-refractivity contribution is 5.96. The molecular formula is C12H17N3O3. The van der Waals surface area contributed by atoms with Crippen molar-refractivity contribution in [3.63, 3.8) is 0 Å². The third kappa shape index (κ3) is 2.52. The normalized spacial score (nSPS) is 15.8. The fourth-order valence-corrected chi connectivity index (χ4v) is 2.45. The Morgan fingerprint density at radius 3 is 2.67 bits per heavy atom. The van der Waals surface area contributed by atoms with Crippen molar-refractivity contribution in [1.29, 1.82) is 0 Å². The van der Waals surface area contributed by atoms with Crippen molar-refractivity contribution < 1.29 is 14.7 Å². The summed E-state index contributed by atoms with van der Waals surface area (Å²) in [6, 6.07) is 0.0444. The van der Waals surface area contributed by atoms with Gasteiger partial charge in [0.05, 0.1) is 11.8 Å². The van der Waals surface area contributed by atoms with Crippen LogP contribution in [0.1, 0.15) is 41.7 Å². The van der Waals surface area contributed by atoms with E-state index in [0.717, 1.165) is 25.7 Å². The zero-order valence-corrected chi connectivity index (χ0v) is 10.3. The molecule has 2 rings (SSSR count). The third-order valence-corrected chi connectivity index (χ3v) is 3.39. The van der Waals surface area contributed by atoms with E-state index in [0.29, 0.717) is 11.3 Å². The number of aryl methyl sites for hydroxylation is 1. The van der Waals surface area contributed by atoms with Crippen molar-refractivity contribution in [1.82, 2.24) is 15.1 Å². The van der Waals surface area contributed by atoms with E-state index in [1.807, 2.05) is 0 Å². The topological polar surface area (TPSA) is 86.3 Å². The molecule has 0 aliphatic heterocycles. The SMILES string of the molecule is Cc1[nH]ncc1C(=O)N(CC(=O)O)C1CCCC1. The summed E-state index contributed by atoms with van der Waals surface area (Å²) in [7, 11) is 0. The second-order valence-corrected chi connectivity index (χ2v) is 4.67. The summed E-state index contributed by atoms with van der Waals surface area (Å²) in [6.45, 7) is 1.52. The maximum atomic E-state index is 12.4. The van der Waals surface area contributed by atoms with E-state index >= 15 is 0 Å². The number of nitrogens with zero attached hydrogens (tertiary/aromatic N) is 2. The van der Waals surface area contributed by atoms with Crippen LogP contribution in [0.5, 0.6) is 0 Å². The molecular weight excluding hydrogens is 234 g/mol. The molecule has 1 fully saturated rings. The Balaban J connectivity index is 2.20. The average Bonchev–Trinajstić information content (AvgIpc) is 2.95. The highest BCUT2D eigenvalue weighted by Crippen LogP contribution is 2.25. The first-order chi connectivity index (χ1) is 8.59. The molecule has 0 radical (unpaired) electrons. The van der Waals surface area contributed by atoms with Crippen LogP contribution in [0.25, 0.3) is 0 Å². The molecule has 2 N–H and O–H groups in total. The number of nitrogens with one attached hydrogen (secondary N) is 1. The molecule has 1 heterocycles. The van der Waals surface area contributed by atoms with Gasteiger partial charge in [-0.05, 0) is 19.8 Å². The van der Waals surface area contributed by atoms with Crippen LogP contribution in [0.3, 0.4) is 0 Å². The van der Waals surface area contributed by atoms with Gasteiger partial charge in [-0.25, -0.2) is 0 Å². The van der Waals surface area contributed by atoms with E-state index in [1.54, 1.807) is 6.92 Å². The highest BCUT2D eigenvalue weighted by atomic mass is 16.4. The van der Waals surface area contributed by atoms with Gasteiger partial charge in [0.2, 0.25) is 0 Å². The molecule has 0 atom stereocenters. The van der Waals surface area contributed by atoms with Crippen molar-refractivity contribution >= 4 is 11.9 Å². The van der Waals surface area contributed by atoms with E-state index < -0.39 is 5.97 Å². The molecule has 1 aromatic rings. The van der Waals surface area contributed by atoms with Crippen molar-refractivity contribution in [2.45, 2.75) is 38.6 Å². The third-order valence-electron chi connectivity index (χ3n) is 3.39. The summed E-state index contributed by atoms with van der Waals surface area (Å²) in [5, 5.41) is 15.5. The molecule has 0 saturated heterocycles. The zero-order chi connectivity index (χ0) is 13.1. The number of rotatable bonds is 4. The van der Waals surface area contributed by atoms with Crippen LogP contribution in [0.2, 0.25) is 0 Å². The molecule has 0 unspecified atom stereocenters. The molecule has 6 heteroatoms. The van der Waals surface area contributed by atoms with Crippen LogP contribution < -0.4 is 0 Å². The number of hydrogen-bond acceptors (Lipinski definition) is 3. The summed E-state index contributed by atoms with van der Waals surface area (Å²) in [6.07, 6.45) is 5.34. The Labute approximate surface area is 105 Å². The zero-order valence-electron chi connectivity index (χ0n) is 10.3. The van der Waals surface area contributed by atoms with Crippen LogP contribution in [-0.4, -0.2) is 44.7 Å². The van der Waals surface area contributed by atoms with Crippen molar-refractivity contribution in [3.05, 3.63) is 17.5 Å². The lowest BCUT2D eigenvalue weighted by Gasteiger charge is -2.27. The van der Waals surface area contributed by atoms with Gasteiger partial charge in [0, 0.05) is 11.7 Å². The molecule has 1 aliphatic rings. The van der Waals surface area contributed by atoms with E-state index in [2.05, 4.69) is 10.2 Å². The van der Waals surface area contributed by atoms with E-state index in [-0.39, 0.29) is 18.5 Å². The lowest BCUT2D eigenvalue weighted by atomic mass is 10.1. The number of carboxylic acid groups (broad SMARTS) is 1. The van der Waals surface area contributed by atoms with Gasteiger partial charge in [-0.3, -0.25) is 14.7 Å². The van der Waals surface area contributed by atoms with E-state index in [9.17, 15) is 9.59 Å². The Bertz CT molecular complexity index is 449. The van der Waals surface area contributed by atoms with Gasteiger partial charge in [-0.15, -0.1) is 0 Å². The van der Waals surface area contributed by atoms with Crippen LogP contribution >= 0.6 is 0 Å². The predicted octanol–water partition coefficient (Wildman–Crippen LogP) is 1.19. The lowest BCUT2D eigenvalue weighted by Crippen LogP contribution is -2.42. The summed E-state index contributed by atoms with van der Waals surface area (Å²) in [5.74, 6) is -1.22. The minimum Gasteiger partial charge on any atom is -0.480 e. The number of hydrogen-bond donors (Lipinski definition) is 2. The van der Waals surface area contributed by atoms with Gasteiger partial charge in [0.1, 0.15) is 6.54 Å². The predicted molar refractivity (Wildman–Crippen MR) is 64.3 cm³/mol. The molecule has 98 valence electrons. The van der Waals surface area contributed by atoms with Crippen molar-refractivity contribution in [3.8, 4) is 0 Å². The van der Waals surface area contributed by atoms with Gasteiger partial charge < -0.3 is 10.0 Å². The number of aromatic nitrogens is 2. The Morgan fingerprint density at radius 1 is 1.50 bits per heavy atom. The number of carbonyl (C=O) groups excluding carboxylic acids is 1. The molecule has 0 spiro atoms. The highest BCUT2D eigenvalue weighted by Gasteiger charge is 2.30. The first kappa shape index (κ1) is 12.6. The summed E-state index contributed by atoms with van der Waals surface area (Å²) < 4.78 is 0. The summed E-state index contributed by atoms with van der Waals surface area (Å²) in [5.41, 5.74) is 1.14. The first-order valence-corrected chi connectivity index (χ1v) is 6.12. The minimum atomic E-state index is -0.976. The molecule has 0 aromatic carbocycles. The standard InChI is InChI=1S/C12H17N3O3/c1-8-10(6-13-14-8)12(18)15(7-11(16)17)9-4-2-3-5-9/h6,9H,2-5,7H2,1H3,(H,13,14)(H,16,17). The number of carbonyl (C=O) groups is 2. The Morgan fingerprint density at radius 2 is 2.17 bits per heavy atom. The van der Waals surface area contributed by atoms with Crippen LogP contribution in [0, 0.1) is 6.92 Å². The minimum absolute atomic E-state index is 0.0444. The van der Waals surface area contributed by atoms with Gasteiger partial charge in [-0.1, -0.05) is 12.8 Å². The molecule has 6 nitrogen and oxygen atoms in total. The van der Waals surface area contributed by atoms with Crippen molar-refractivity contribution in [2.75, 3.05) is 6.54 Å². The van der Waals surface area contributed by atoms with Gasteiger partial charge in [0.15, 0.2) is 0 Å². The van der Waals surface area contributed by atoms with Gasteiger partial charge in [0.25, 0.3) is 5.91 Å². The van der Waals surface area contributed by atoms with Gasteiger partial charge >= 0.3 is 5.97 Å². The average molecular weight is 251 g/mol. The van der Waals surface area contributed by atoms with Crippen LogP contribution in [-0.2, 0) is 4.79 Å². The molecule has 0 bridgehead atoms. The van der Waals surface area contributed by atoms with Gasteiger partial charge in [-0.2, -0.15) is 5.10 Å². The largest absolute Gasteiger partial charge is 0.480 e. The maximum Gasteiger partial charge on any atom is 0.323 e. The second-order valence-electron chi connectivity index (χ2n) is 4.67. The van der Waals surface area contributed by atoms with Crippen molar-refractivity contribution in [2.24, 2.45) is 0 Å². The molecule has 18 heavy (non-hydrogen) atoms. The van der Waals surface area contributed by atoms with Crippen LogP contribution in [0.15, 0.2) is 6.20 Å².